The predicted octanol–water partition coefficient (Wildman–Crippen LogP) is 6.19. The molecule has 0 fully saturated rings. The summed E-state index contributed by atoms with van der Waals surface area (Å²) in [5.74, 6) is 0.543. The molecule has 2 aromatic carbocycles. The van der Waals surface area contributed by atoms with E-state index in [9.17, 15) is 4.79 Å². The molecule has 0 N–H and O–H groups in total. The van der Waals surface area contributed by atoms with Gasteiger partial charge in [0.05, 0.1) is 12.7 Å². The van der Waals surface area contributed by atoms with Gasteiger partial charge in [0.25, 0.3) is 0 Å². The maximum Gasteiger partial charge on any atom is 0.189 e. The minimum absolute atomic E-state index is 0.0521. The Morgan fingerprint density at radius 3 is 1.92 bits per heavy atom. The van der Waals surface area contributed by atoms with E-state index in [0.717, 1.165) is 5.56 Å². The van der Waals surface area contributed by atoms with Crippen LogP contribution in [0.3, 0.4) is 0 Å². The van der Waals surface area contributed by atoms with Crippen LogP contribution in [0.5, 0.6) is 5.75 Å². The fraction of sp³-hybridized carbons (Fsp3) is 0.375. The van der Waals surface area contributed by atoms with E-state index in [1.807, 2.05) is 18.2 Å². The first-order valence-corrected chi connectivity index (χ1v) is 9.04. The van der Waals surface area contributed by atoms with Crippen molar-refractivity contribution in [3.63, 3.8) is 0 Å². The third-order valence-corrected chi connectivity index (χ3v) is 4.49. The van der Waals surface area contributed by atoms with Crippen LogP contribution in [0, 0.1) is 0 Å². The first-order chi connectivity index (χ1) is 12.0. The summed E-state index contributed by atoms with van der Waals surface area (Å²) in [7, 11) is 1.58. The van der Waals surface area contributed by atoms with Crippen LogP contribution in [0.15, 0.2) is 48.5 Å². The van der Waals surface area contributed by atoms with Crippen LogP contribution in [-0.4, -0.2) is 12.9 Å². The number of rotatable bonds is 4. The van der Waals surface area contributed by atoms with Crippen molar-refractivity contribution in [2.45, 2.75) is 52.4 Å². The third kappa shape index (κ3) is 4.85. The molecule has 0 unspecified atom stereocenters. The lowest BCUT2D eigenvalue weighted by molar-refractivity contribution is 0.104. The Balaban J connectivity index is 2.42. The van der Waals surface area contributed by atoms with Crippen LogP contribution < -0.4 is 4.74 Å². The standard InChI is InChI=1S/C24H30O2/c1-23(2,3)18-14-17(15-19(16-18)24(4,5)6)12-13-21(25)20-10-8-9-11-22(20)26-7/h8-16H,1-7H3/b13-12+. The van der Waals surface area contributed by atoms with E-state index in [1.165, 1.54) is 11.1 Å². The van der Waals surface area contributed by atoms with E-state index >= 15 is 0 Å². The Bertz CT molecular complexity index is 783. The number of ether oxygens (including phenoxy) is 1. The predicted molar refractivity (Wildman–Crippen MR) is 110 cm³/mol. The molecular formula is C24H30O2. The molecule has 0 heterocycles. The molecular weight excluding hydrogens is 320 g/mol. The van der Waals surface area contributed by atoms with Gasteiger partial charge in [-0.2, -0.15) is 0 Å². The molecule has 0 radical (unpaired) electrons. The summed E-state index contributed by atoms with van der Waals surface area (Å²) in [6, 6.07) is 13.9. The summed E-state index contributed by atoms with van der Waals surface area (Å²) in [5, 5.41) is 0. The van der Waals surface area contributed by atoms with E-state index in [4.69, 9.17) is 4.74 Å². The van der Waals surface area contributed by atoms with Crippen molar-refractivity contribution < 1.29 is 9.53 Å². The van der Waals surface area contributed by atoms with Crippen molar-refractivity contribution >= 4 is 11.9 Å². The van der Waals surface area contributed by atoms with E-state index in [0.29, 0.717) is 11.3 Å². The SMILES string of the molecule is COc1ccccc1C(=O)/C=C/c1cc(C(C)(C)C)cc(C(C)(C)C)c1. The molecule has 0 aliphatic heterocycles. The van der Waals surface area contributed by atoms with E-state index in [1.54, 1.807) is 25.3 Å². The summed E-state index contributed by atoms with van der Waals surface area (Å²) in [6.45, 7) is 13.3. The molecule has 2 aromatic rings. The second kappa shape index (κ2) is 7.49. The first-order valence-electron chi connectivity index (χ1n) is 9.04. The van der Waals surface area contributed by atoms with Crippen molar-refractivity contribution in [2.24, 2.45) is 0 Å². The zero-order valence-corrected chi connectivity index (χ0v) is 17.0. The lowest BCUT2D eigenvalue weighted by Gasteiger charge is -2.25. The van der Waals surface area contributed by atoms with Gasteiger partial charge in [-0.3, -0.25) is 4.79 Å². The van der Waals surface area contributed by atoms with Gasteiger partial charge in [-0.25, -0.2) is 0 Å². The maximum atomic E-state index is 12.6. The van der Waals surface area contributed by atoms with Gasteiger partial charge in [0, 0.05) is 0 Å². The molecule has 0 bridgehead atoms. The summed E-state index contributed by atoms with van der Waals surface area (Å²) >= 11 is 0. The van der Waals surface area contributed by atoms with Crippen molar-refractivity contribution in [1.82, 2.24) is 0 Å². The molecule has 0 saturated heterocycles. The largest absolute Gasteiger partial charge is 0.496 e. The number of benzene rings is 2. The number of hydrogen-bond acceptors (Lipinski definition) is 2. The quantitative estimate of drug-likeness (QED) is 0.486. The lowest BCUT2D eigenvalue weighted by atomic mass is 9.79. The Kier molecular flexibility index (Phi) is 5.75. The van der Waals surface area contributed by atoms with Gasteiger partial charge in [-0.1, -0.05) is 78.0 Å². The Hall–Kier alpha value is -2.35. The topological polar surface area (TPSA) is 26.3 Å². The molecule has 0 amide bonds. The van der Waals surface area contributed by atoms with E-state index in [-0.39, 0.29) is 16.6 Å². The second-order valence-electron chi connectivity index (χ2n) is 8.74. The maximum absolute atomic E-state index is 12.6. The van der Waals surface area contributed by atoms with Crippen LogP contribution in [-0.2, 0) is 10.8 Å². The summed E-state index contributed by atoms with van der Waals surface area (Å²) in [6.07, 6.45) is 3.53. The highest BCUT2D eigenvalue weighted by Gasteiger charge is 2.20. The van der Waals surface area contributed by atoms with E-state index < -0.39 is 0 Å². The molecule has 26 heavy (non-hydrogen) atoms. The number of hydrogen-bond donors (Lipinski definition) is 0. The number of para-hydroxylation sites is 1. The molecule has 2 rings (SSSR count). The zero-order chi connectivity index (χ0) is 19.5. The van der Waals surface area contributed by atoms with Crippen molar-refractivity contribution in [3.8, 4) is 5.75 Å². The fourth-order valence-electron chi connectivity index (χ4n) is 2.72. The number of allylic oxidation sites excluding steroid dienone is 1. The Morgan fingerprint density at radius 2 is 1.42 bits per heavy atom. The molecule has 138 valence electrons. The molecule has 0 spiro atoms. The number of ketones is 1. The van der Waals surface area contributed by atoms with Gasteiger partial charge < -0.3 is 4.74 Å². The van der Waals surface area contributed by atoms with Gasteiger partial charge >= 0.3 is 0 Å². The van der Waals surface area contributed by atoms with Crippen LogP contribution in [0.4, 0.5) is 0 Å². The fourth-order valence-corrected chi connectivity index (χ4v) is 2.72. The molecule has 0 aromatic heterocycles. The minimum atomic E-state index is -0.0547. The summed E-state index contributed by atoms with van der Waals surface area (Å²) in [5.41, 5.74) is 4.27. The normalized spacial score (nSPS) is 12.4. The molecule has 2 nitrogen and oxygen atoms in total. The van der Waals surface area contributed by atoms with Crippen LogP contribution in [0.25, 0.3) is 6.08 Å². The molecule has 0 saturated carbocycles. The van der Waals surface area contributed by atoms with Gasteiger partial charge in [0.15, 0.2) is 5.78 Å². The van der Waals surface area contributed by atoms with Gasteiger partial charge in [0.2, 0.25) is 0 Å². The van der Waals surface area contributed by atoms with Gasteiger partial charge in [0.1, 0.15) is 5.75 Å². The molecule has 2 heteroatoms. The highest BCUT2D eigenvalue weighted by molar-refractivity contribution is 6.08. The van der Waals surface area contributed by atoms with E-state index in [2.05, 4.69) is 59.7 Å². The Labute approximate surface area is 157 Å². The van der Waals surface area contributed by atoms with Crippen molar-refractivity contribution in [2.75, 3.05) is 7.11 Å². The summed E-state index contributed by atoms with van der Waals surface area (Å²) in [4.78, 5) is 12.6. The average molecular weight is 351 g/mol. The summed E-state index contributed by atoms with van der Waals surface area (Å²) < 4.78 is 5.29. The minimum Gasteiger partial charge on any atom is -0.496 e. The van der Waals surface area contributed by atoms with Gasteiger partial charge in [-0.05, 0) is 45.7 Å². The van der Waals surface area contributed by atoms with Crippen LogP contribution in [0.1, 0.15) is 68.6 Å². The molecule has 0 aliphatic carbocycles. The first kappa shape index (κ1) is 20.0. The number of carbonyl (C=O) groups is 1. The zero-order valence-electron chi connectivity index (χ0n) is 17.0. The van der Waals surface area contributed by atoms with Crippen molar-refractivity contribution in [1.29, 1.82) is 0 Å². The smallest absolute Gasteiger partial charge is 0.189 e. The number of carbonyl (C=O) groups excluding carboxylic acids is 1. The molecule has 0 atom stereocenters. The third-order valence-electron chi connectivity index (χ3n) is 4.49. The van der Waals surface area contributed by atoms with Gasteiger partial charge in [-0.15, -0.1) is 0 Å². The van der Waals surface area contributed by atoms with Crippen LogP contribution >= 0.6 is 0 Å². The monoisotopic (exact) mass is 350 g/mol. The Morgan fingerprint density at radius 1 is 0.885 bits per heavy atom. The highest BCUT2D eigenvalue weighted by Crippen LogP contribution is 2.31. The molecule has 0 aliphatic rings. The highest BCUT2D eigenvalue weighted by atomic mass is 16.5. The van der Waals surface area contributed by atoms with Crippen molar-refractivity contribution in [3.05, 3.63) is 70.8 Å². The average Bonchev–Trinajstić information content (AvgIpc) is 2.57. The van der Waals surface area contributed by atoms with Crippen LogP contribution in [0.2, 0.25) is 0 Å². The lowest BCUT2D eigenvalue weighted by Crippen LogP contribution is -2.16. The number of methoxy groups -OCH3 is 1. The second-order valence-corrected chi connectivity index (χ2v) is 8.74.